The third-order valence-electron chi connectivity index (χ3n) is 5.44. The third-order valence-corrected chi connectivity index (χ3v) is 7.28. The number of carbonyl (C=O) groups excluding carboxylic acids is 1. The van der Waals surface area contributed by atoms with Gasteiger partial charge in [0.05, 0.1) is 5.25 Å². The van der Waals surface area contributed by atoms with Crippen LogP contribution in [0, 0.1) is 0 Å². The molecule has 0 saturated heterocycles. The summed E-state index contributed by atoms with van der Waals surface area (Å²) in [7, 11) is 0. The minimum atomic E-state index is -0.211. The van der Waals surface area contributed by atoms with Crippen molar-refractivity contribution in [2.24, 2.45) is 0 Å². The second-order valence-electron chi connectivity index (χ2n) is 7.43. The summed E-state index contributed by atoms with van der Waals surface area (Å²) in [5, 5.41) is 12.2. The van der Waals surface area contributed by atoms with Crippen molar-refractivity contribution in [3.05, 3.63) is 17.4 Å². The first kappa shape index (κ1) is 18.9. The fraction of sp³-hybridized carbons (Fsp3) is 0.684. The summed E-state index contributed by atoms with van der Waals surface area (Å²) in [5.74, 6) is 1.79. The molecule has 146 valence electrons. The van der Waals surface area contributed by atoms with Crippen molar-refractivity contribution in [1.29, 1.82) is 0 Å². The second-order valence-corrected chi connectivity index (χ2v) is 9.62. The predicted octanol–water partition coefficient (Wildman–Crippen LogP) is 4.48. The van der Waals surface area contributed by atoms with Crippen molar-refractivity contribution >= 4 is 34.1 Å². The van der Waals surface area contributed by atoms with Gasteiger partial charge < -0.3 is 4.57 Å². The zero-order chi connectivity index (χ0) is 18.8. The van der Waals surface area contributed by atoms with Crippen molar-refractivity contribution < 1.29 is 4.79 Å². The number of anilines is 1. The van der Waals surface area contributed by atoms with Gasteiger partial charge in [-0.25, -0.2) is 4.98 Å². The minimum Gasteiger partial charge on any atom is -0.306 e. The van der Waals surface area contributed by atoms with E-state index in [4.69, 9.17) is 0 Å². The number of amides is 1. The molecule has 2 aromatic rings. The molecule has 4 rings (SSSR count). The molecular weight excluding hydrogens is 378 g/mol. The summed E-state index contributed by atoms with van der Waals surface area (Å²) < 4.78 is 2.18. The van der Waals surface area contributed by atoms with E-state index in [2.05, 4.69) is 26.7 Å². The maximum Gasteiger partial charge on any atom is 0.242 e. The summed E-state index contributed by atoms with van der Waals surface area (Å²) in [4.78, 5) is 19.8. The molecule has 27 heavy (non-hydrogen) atoms. The average Bonchev–Trinajstić information content (AvgIpc) is 3.24. The maximum absolute atomic E-state index is 13.4. The van der Waals surface area contributed by atoms with Crippen molar-refractivity contribution in [3.8, 4) is 0 Å². The first-order valence-corrected chi connectivity index (χ1v) is 11.8. The number of thiazole rings is 1. The van der Waals surface area contributed by atoms with Gasteiger partial charge >= 0.3 is 0 Å². The van der Waals surface area contributed by atoms with Crippen LogP contribution in [0.5, 0.6) is 0 Å². The quantitative estimate of drug-likeness (QED) is 0.636. The zero-order valence-corrected chi connectivity index (χ0v) is 17.6. The Morgan fingerprint density at radius 2 is 2.07 bits per heavy atom. The molecule has 6 nitrogen and oxygen atoms in total. The molecular formula is C19H27N5OS2. The lowest BCUT2D eigenvalue weighted by Crippen LogP contribution is -2.45. The van der Waals surface area contributed by atoms with Gasteiger partial charge in [-0.2, -0.15) is 0 Å². The summed E-state index contributed by atoms with van der Waals surface area (Å²) >= 11 is 3.09. The Bertz CT molecular complexity index is 765. The molecule has 2 heterocycles. The van der Waals surface area contributed by atoms with E-state index >= 15 is 0 Å². The number of hydrogen-bond acceptors (Lipinski definition) is 6. The van der Waals surface area contributed by atoms with Crippen molar-refractivity contribution in [3.63, 3.8) is 0 Å². The summed E-state index contributed by atoms with van der Waals surface area (Å²) in [6, 6.07) is 0.270. The van der Waals surface area contributed by atoms with Crippen LogP contribution in [-0.2, 0) is 11.3 Å². The molecule has 2 fully saturated rings. The van der Waals surface area contributed by atoms with Crippen LogP contribution in [-0.4, -0.2) is 36.9 Å². The largest absolute Gasteiger partial charge is 0.306 e. The van der Waals surface area contributed by atoms with E-state index in [-0.39, 0.29) is 17.2 Å². The van der Waals surface area contributed by atoms with Crippen LogP contribution in [0.3, 0.4) is 0 Å². The lowest BCUT2D eigenvalue weighted by atomic mass is 9.94. The van der Waals surface area contributed by atoms with Crippen LogP contribution in [0.25, 0.3) is 0 Å². The van der Waals surface area contributed by atoms with Gasteiger partial charge in [-0.15, -0.1) is 21.5 Å². The first-order chi connectivity index (χ1) is 13.2. The molecule has 2 aromatic heterocycles. The highest BCUT2D eigenvalue weighted by atomic mass is 32.2. The number of hydrogen-bond donors (Lipinski definition) is 0. The Morgan fingerprint density at radius 3 is 2.70 bits per heavy atom. The van der Waals surface area contributed by atoms with Crippen LogP contribution >= 0.6 is 23.1 Å². The summed E-state index contributed by atoms with van der Waals surface area (Å²) in [6.45, 7) is 4.96. The van der Waals surface area contributed by atoms with E-state index in [0.29, 0.717) is 5.92 Å². The molecule has 2 aliphatic carbocycles. The normalized spacial score (nSPS) is 19.2. The minimum absolute atomic E-state index is 0.139. The highest BCUT2D eigenvalue weighted by molar-refractivity contribution is 8.00. The standard InChI is InChI=1S/C19H27N5OS2/c1-3-23-16(14-9-10-14)21-22-19(23)27-13(2)17(25)24(18-20-11-12-26-18)15-7-5-4-6-8-15/h11-15H,3-10H2,1-2H3/t13-/m1/s1. The van der Waals surface area contributed by atoms with Gasteiger partial charge in [0.1, 0.15) is 5.82 Å². The average molecular weight is 406 g/mol. The van der Waals surface area contributed by atoms with Gasteiger partial charge in [0, 0.05) is 30.1 Å². The molecule has 2 aliphatic rings. The number of carbonyl (C=O) groups is 1. The molecule has 0 aromatic carbocycles. The molecule has 0 unspecified atom stereocenters. The highest BCUT2D eigenvalue weighted by Crippen LogP contribution is 2.40. The molecule has 8 heteroatoms. The molecule has 0 spiro atoms. The van der Waals surface area contributed by atoms with Crippen LogP contribution in [0.15, 0.2) is 16.7 Å². The van der Waals surface area contributed by atoms with Crippen molar-refractivity contribution in [2.45, 2.75) is 87.7 Å². The Kier molecular flexibility index (Phi) is 5.82. The predicted molar refractivity (Wildman–Crippen MR) is 109 cm³/mol. The van der Waals surface area contributed by atoms with Gasteiger partial charge in [0.2, 0.25) is 5.91 Å². The topological polar surface area (TPSA) is 63.9 Å². The molecule has 0 bridgehead atoms. The SMILES string of the molecule is CCn1c(S[C@H](C)C(=O)N(c2nccs2)C2CCCCC2)nnc1C1CC1. The van der Waals surface area contributed by atoms with Gasteiger partial charge in [-0.1, -0.05) is 31.0 Å². The van der Waals surface area contributed by atoms with Crippen LogP contribution in [0.1, 0.15) is 70.5 Å². The molecule has 1 amide bonds. The van der Waals surface area contributed by atoms with E-state index in [0.717, 1.165) is 35.5 Å². The number of thioether (sulfide) groups is 1. The van der Waals surface area contributed by atoms with Crippen molar-refractivity contribution in [2.75, 3.05) is 4.90 Å². The second kappa shape index (κ2) is 8.31. The number of nitrogens with zero attached hydrogens (tertiary/aromatic N) is 5. The summed E-state index contributed by atoms with van der Waals surface area (Å²) in [5.41, 5.74) is 0. The molecule has 0 aliphatic heterocycles. The fourth-order valence-corrected chi connectivity index (χ4v) is 5.52. The summed E-state index contributed by atoms with van der Waals surface area (Å²) in [6.07, 6.45) is 9.99. The van der Waals surface area contributed by atoms with E-state index < -0.39 is 0 Å². The fourth-order valence-electron chi connectivity index (χ4n) is 3.84. The van der Waals surface area contributed by atoms with Gasteiger partial charge in [0.15, 0.2) is 10.3 Å². The van der Waals surface area contributed by atoms with E-state index in [1.165, 1.54) is 43.9 Å². The van der Waals surface area contributed by atoms with E-state index in [1.54, 1.807) is 17.5 Å². The molecule has 0 radical (unpaired) electrons. The van der Waals surface area contributed by atoms with E-state index in [1.807, 2.05) is 17.2 Å². The molecule has 2 saturated carbocycles. The lowest BCUT2D eigenvalue weighted by molar-refractivity contribution is -0.118. The third kappa shape index (κ3) is 4.06. The number of rotatable bonds is 7. The monoisotopic (exact) mass is 405 g/mol. The highest BCUT2D eigenvalue weighted by Gasteiger charge is 2.34. The molecule has 0 N–H and O–H groups in total. The Labute approximate surface area is 168 Å². The van der Waals surface area contributed by atoms with Crippen LogP contribution < -0.4 is 4.90 Å². The van der Waals surface area contributed by atoms with Gasteiger partial charge in [-0.05, 0) is 39.5 Å². The van der Waals surface area contributed by atoms with Crippen LogP contribution in [0.2, 0.25) is 0 Å². The Morgan fingerprint density at radius 1 is 1.30 bits per heavy atom. The van der Waals surface area contributed by atoms with Gasteiger partial charge in [0.25, 0.3) is 0 Å². The smallest absolute Gasteiger partial charge is 0.242 e. The zero-order valence-electron chi connectivity index (χ0n) is 16.0. The molecule has 1 atom stereocenters. The lowest BCUT2D eigenvalue weighted by Gasteiger charge is -2.34. The van der Waals surface area contributed by atoms with Gasteiger partial charge in [-0.3, -0.25) is 9.69 Å². The van der Waals surface area contributed by atoms with Crippen molar-refractivity contribution in [1.82, 2.24) is 19.7 Å². The first-order valence-electron chi connectivity index (χ1n) is 10.0. The van der Waals surface area contributed by atoms with E-state index in [9.17, 15) is 4.79 Å². The number of aromatic nitrogens is 4. The Balaban J connectivity index is 1.52. The van der Waals surface area contributed by atoms with Crippen LogP contribution in [0.4, 0.5) is 5.13 Å². The maximum atomic E-state index is 13.4. The Hall–Kier alpha value is -1.41.